The van der Waals surface area contributed by atoms with Crippen LogP contribution in [-0.2, 0) is 9.53 Å². The minimum atomic E-state index is -0.00449. The number of carbonyl (C=O) groups is 1. The standard InChI is InChI=1S/C10H21NO2/c1-8(2)11(6-7-13-5)9(3)10(4)12/h8-9H,6-7H2,1-5H3. The van der Waals surface area contributed by atoms with Crippen LogP contribution in [0.1, 0.15) is 27.7 Å². The van der Waals surface area contributed by atoms with Crippen LogP contribution in [0.25, 0.3) is 0 Å². The highest BCUT2D eigenvalue weighted by Crippen LogP contribution is 2.05. The summed E-state index contributed by atoms with van der Waals surface area (Å²) in [7, 11) is 1.68. The molecule has 3 nitrogen and oxygen atoms in total. The summed E-state index contributed by atoms with van der Waals surface area (Å²) in [6.45, 7) is 9.25. The van der Waals surface area contributed by atoms with E-state index in [9.17, 15) is 4.79 Å². The van der Waals surface area contributed by atoms with E-state index >= 15 is 0 Å². The van der Waals surface area contributed by atoms with Gasteiger partial charge in [-0.05, 0) is 27.7 Å². The van der Waals surface area contributed by atoms with Crippen molar-refractivity contribution in [3.05, 3.63) is 0 Å². The van der Waals surface area contributed by atoms with Crippen molar-refractivity contribution in [3.8, 4) is 0 Å². The van der Waals surface area contributed by atoms with Crippen LogP contribution in [-0.4, -0.2) is 43.0 Å². The number of ether oxygens (including phenoxy) is 1. The summed E-state index contributed by atoms with van der Waals surface area (Å²) in [5, 5.41) is 0. The van der Waals surface area contributed by atoms with Gasteiger partial charge in [0, 0.05) is 19.7 Å². The Morgan fingerprint density at radius 3 is 2.23 bits per heavy atom. The highest BCUT2D eigenvalue weighted by molar-refractivity contribution is 5.80. The van der Waals surface area contributed by atoms with Gasteiger partial charge in [-0.3, -0.25) is 9.69 Å². The molecular weight excluding hydrogens is 166 g/mol. The number of hydrogen-bond donors (Lipinski definition) is 0. The fourth-order valence-corrected chi connectivity index (χ4v) is 1.33. The third-order valence-electron chi connectivity index (χ3n) is 2.30. The van der Waals surface area contributed by atoms with Crippen molar-refractivity contribution < 1.29 is 9.53 Å². The lowest BCUT2D eigenvalue weighted by atomic mass is 10.1. The summed E-state index contributed by atoms with van der Waals surface area (Å²) in [6, 6.07) is 0.379. The number of methoxy groups -OCH3 is 1. The third kappa shape index (κ3) is 4.39. The van der Waals surface area contributed by atoms with Crippen molar-refractivity contribution in [3.63, 3.8) is 0 Å². The summed E-state index contributed by atoms with van der Waals surface area (Å²) >= 11 is 0. The Kier molecular flexibility index (Phi) is 5.91. The van der Waals surface area contributed by atoms with E-state index in [1.807, 2.05) is 6.92 Å². The molecule has 0 radical (unpaired) electrons. The van der Waals surface area contributed by atoms with Crippen molar-refractivity contribution in [2.24, 2.45) is 0 Å². The predicted octanol–water partition coefficient (Wildman–Crippen LogP) is 1.32. The van der Waals surface area contributed by atoms with Crippen molar-refractivity contribution in [2.45, 2.75) is 39.8 Å². The Morgan fingerprint density at radius 2 is 1.92 bits per heavy atom. The van der Waals surface area contributed by atoms with Crippen LogP contribution in [0.15, 0.2) is 0 Å². The number of Topliss-reactive ketones (excluding diaryl/α,β-unsaturated/α-hetero) is 1. The summed E-state index contributed by atoms with van der Waals surface area (Å²) < 4.78 is 5.00. The normalized spacial score (nSPS) is 13.8. The van der Waals surface area contributed by atoms with E-state index < -0.39 is 0 Å². The minimum Gasteiger partial charge on any atom is -0.383 e. The highest BCUT2D eigenvalue weighted by Gasteiger charge is 2.19. The van der Waals surface area contributed by atoms with Crippen LogP contribution in [0.4, 0.5) is 0 Å². The van der Waals surface area contributed by atoms with Gasteiger partial charge in [0.05, 0.1) is 12.6 Å². The van der Waals surface area contributed by atoms with Gasteiger partial charge in [-0.2, -0.15) is 0 Å². The van der Waals surface area contributed by atoms with Crippen molar-refractivity contribution >= 4 is 5.78 Å². The van der Waals surface area contributed by atoms with Crippen molar-refractivity contribution in [1.29, 1.82) is 0 Å². The van der Waals surface area contributed by atoms with Gasteiger partial charge in [-0.1, -0.05) is 0 Å². The van der Waals surface area contributed by atoms with Gasteiger partial charge >= 0.3 is 0 Å². The van der Waals surface area contributed by atoms with E-state index in [4.69, 9.17) is 4.74 Å². The van der Waals surface area contributed by atoms with Crippen LogP contribution in [0.5, 0.6) is 0 Å². The maximum Gasteiger partial charge on any atom is 0.146 e. The quantitative estimate of drug-likeness (QED) is 0.628. The SMILES string of the molecule is COCCN(C(C)C)C(C)C(C)=O. The lowest BCUT2D eigenvalue weighted by Gasteiger charge is -2.30. The average molecular weight is 187 g/mol. The Hall–Kier alpha value is -0.410. The molecule has 0 saturated heterocycles. The molecule has 0 fully saturated rings. The molecule has 78 valence electrons. The molecule has 0 saturated carbocycles. The number of hydrogen-bond acceptors (Lipinski definition) is 3. The highest BCUT2D eigenvalue weighted by atomic mass is 16.5. The summed E-state index contributed by atoms with van der Waals surface area (Å²) in [5.74, 6) is 0.213. The molecule has 0 N–H and O–H groups in total. The molecule has 1 unspecified atom stereocenters. The molecule has 3 heteroatoms. The zero-order chi connectivity index (χ0) is 10.4. The van der Waals surface area contributed by atoms with E-state index in [2.05, 4.69) is 18.7 Å². The van der Waals surface area contributed by atoms with Gasteiger partial charge in [0.25, 0.3) is 0 Å². The third-order valence-corrected chi connectivity index (χ3v) is 2.30. The smallest absolute Gasteiger partial charge is 0.146 e. The maximum absolute atomic E-state index is 11.2. The van der Waals surface area contributed by atoms with Gasteiger partial charge in [0.15, 0.2) is 0 Å². The van der Waals surface area contributed by atoms with Crippen molar-refractivity contribution in [2.75, 3.05) is 20.3 Å². The number of carbonyl (C=O) groups excluding carboxylic acids is 1. The second-order valence-electron chi connectivity index (χ2n) is 3.61. The molecule has 0 rings (SSSR count). The number of ketones is 1. The number of nitrogens with zero attached hydrogens (tertiary/aromatic N) is 1. The van der Waals surface area contributed by atoms with Gasteiger partial charge in [0.1, 0.15) is 5.78 Å². The van der Waals surface area contributed by atoms with Gasteiger partial charge < -0.3 is 4.74 Å². The van der Waals surface area contributed by atoms with Gasteiger partial charge in [0.2, 0.25) is 0 Å². The lowest BCUT2D eigenvalue weighted by molar-refractivity contribution is -0.122. The Morgan fingerprint density at radius 1 is 1.38 bits per heavy atom. The van der Waals surface area contributed by atoms with Crippen LogP contribution in [0.2, 0.25) is 0 Å². The second kappa shape index (κ2) is 6.11. The molecule has 0 aliphatic carbocycles. The van der Waals surface area contributed by atoms with E-state index in [0.717, 1.165) is 6.54 Å². The molecule has 0 heterocycles. The Labute approximate surface area is 81.1 Å². The summed E-state index contributed by atoms with van der Waals surface area (Å²) in [6.07, 6.45) is 0. The van der Waals surface area contributed by atoms with Crippen molar-refractivity contribution in [1.82, 2.24) is 4.90 Å². The molecule has 0 aliphatic heterocycles. The zero-order valence-electron chi connectivity index (χ0n) is 9.33. The maximum atomic E-state index is 11.2. The van der Waals surface area contributed by atoms with E-state index in [0.29, 0.717) is 12.6 Å². The minimum absolute atomic E-state index is 0.00449. The predicted molar refractivity (Wildman–Crippen MR) is 53.9 cm³/mol. The molecule has 0 spiro atoms. The molecule has 0 aromatic heterocycles. The molecule has 13 heavy (non-hydrogen) atoms. The van der Waals surface area contributed by atoms with Gasteiger partial charge in [-0.25, -0.2) is 0 Å². The van der Waals surface area contributed by atoms with Crippen LogP contribution < -0.4 is 0 Å². The van der Waals surface area contributed by atoms with Gasteiger partial charge in [-0.15, -0.1) is 0 Å². The fourth-order valence-electron chi connectivity index (χ4n) is 1.33. The first-order valence-corrected chi connectivity index (χ1v) is 4.75. The average Bonchev–Trinajstić information content (AvgIpc) is 2.04. The van der Waals surface area contributed by atoms with Crippen LogP contribution >= 0.6 is 0 Å². The monoisotopic (exact) mass is 187 g/mol. The van der Waals surface area contributed by atoms with E-state index in [1.54, 1.807) is 14.0 Å². The number of rotatable bonds is 6. The summed E-state index contributed by atoms with van der Waals surface area (Å²) in [5.41, 5.74) is 0. The molecule has 0 aromatic rings. The molecule has 0 bridgehead atoms. The summed E-state index contributed by atoms with van der Waals surface area (Å²) in [4.78, 5) is 13.3. The topological polar surface area (TPSA) is 29.5 Å². The first kappa shape index (κ1) is 12.6. The lowest BCUT2D eigenvalue weighted by Crippen LogP contribution is -2.44. The first-order chi connectivity index (χ1) is 6.00. The molecular formula is C10H21NO2. The van der Waals surface area contributed by atoms with Crippen LogP contribution in [0, 0.1) is 0 Å². The zero-order valence-corrected chi connectivity index (χ0v) is 9.33. The first-order valence-electron chi connectivity index (χ1n) is 4.75. The second-order valence-corrected chi connectivity index (χ2v) is 3.61. The van der Waals surface area contributed by atoms with E-state index in [-0.39, 0.29) is 11.8 Å². The fraction of sp³-hybridized carbons (Fsp3) is 0.900. The Balaban J connectivity index is 4.15. The van der Waals surface area contributed by atoms with Crippen LogP contribution in [0.3, 0.4) is 0 Å². The molecule has 0 aliphatic rings. The molecule has 0 aromatic carbocycles. The largest absolute Gasteiger partial charge is 0.383 e. The van der Waals surface area contributed by atoms with E-state index in [1.165, 1.54) is 0 Å². The molecule has 1 atom stereocenters. The Bertz CT molecular complexity index is 157. The molecule has 0 amide bonds.